The molecular formula is C17H17F2N3O2S. The molecule has 2 heterocycles. The second kappa shape index (κ2) is 5.74. The van der Waals surface area contributed by atoms with Gasteiger partial charge < -0.3 is 10.3 Å². The van der Waals surface area contributed by atoms with Crippen LogP contribution in [0.3, 0.4) is 0 Å². The Kier molecular flexibility index (Phi) is 3.77. The summed E-state index contributed by atoms with van der Waals surface area (Å²) in [6.45, 7) is 2.15. The van der Waals surface area contributed by atoms with Crippen molar-refractivity contribution in [1.29, 1.82) is 0 Å². The predicted molar refractivity (Wildman–Crippen MR) is 94.4 cm³/mol. The number of aromatic nitrogens is 2. The monoisotopic (exact) mass is 365 g/mol. The van der Waals surface area contributed by atoms with E-state index in [1.165, 1.54) is 0 Å². The fourth-order valence-electron chi connectivity index (χ4n) is 3.94. The molecule has 0 amide bonds. The molecule has 2 atom stereocenters. The second-order valence-corrected chi connectivity index (χ2v) is 7.33. The van der Waals surface area contributed by atoms with Crippen LogP contribution in [0.15, 0.2) is 15.7 Å². The quantitative estimate of drug-likeness (QED) is 0.733. The largest absolute Gasteiger partial charge is 0.329 e. The van der Waals surface area contributed by atoms with E-state index < -0.39 is 22.6 Å². The van der Waals surface area contributed by atoms with Gasteiger partial charge in [-0.05, 0) is 49.7 Å². The van der Waals surface area contributed by atoms with Gasteiger partial charge in [0.2, 0.25) is 5.43 Å². The number of benzene rings is 1. The first kappa shape index (κ1) is 16.4. The number of pyridine rings is 1. The molecule has 2 unspecified atom stereocenters. The molecule has 1 aliphatic rings. The summed E-state index contributed by atoms with van der Waals surface area (Å²) in [5, 5.41) is -0.145. The zero-order chi connectivity index (χ0) is 17.9. The van der Waals surface area contributed by atoms with Gasteiger partial charge in [0.05, 0.1) is 10.9 Å². The summed E-state index contributed by atoms with van der Waals surface area (Å²) in [5.41, 5.74) is 4.80. The molecule has 1 fully saturated rings. The van der Waals surface area contributed by atoms with Crippen molar-refractivity contribution in [3.63, 3.8) is 0 Å². The normalized spacial score (nSPS) is 20.8. The van der Waals surface area contributed by atoms with E-state index in [0.717, 1.165) is 24.0 Å². The maximum Gasteiger partial charge on any atom is 0.271 e. The van der Waals surface area contributed by atoms with E-state index in [2.05, 4.69) is 4.37 Å². The number of hydrogen-bond donors (Lipinski definition) is 2. The Labute approximate surface area is 145 Å². The van der Waals surface area contributed by atoms with Gasteiger partial charge in [0.25, 0.3) is 5.56 Å². The first-order chi connectivity index (χ1) is 11.9. The lowest BCUT2D eigenvalue weighted by molar-refractivity contribution is 0.525. The van der Waals surface area contributed by atoms with Gasteiger partial charge in [0.1, 0.15) is 16.0 Å². The summed E-state index contributed by atoms with van der Waals surface area (Å²) in [4.78, 5) is 25.0. The zero-order valence-electron chi connectivity index (χ0n) is 13.6. The Morgan fingerprint density at radius 2 is 2.12 bits per heavy atom. The van der Waals surface area contributed by atoms with E-state index in [-0.39, 0.29) is 33.8 Å². The third-order valence-electron chi connectivity index (χ3n) is 5.09. The number of rotatable bonds is 2. The summed E-state index contributed by atoms with van der Waals surface area (Å²) in [6, 6.07) is 1.01. The Balaban J connectivity index is 2.15. The van der Waals surface area contributed by atoms with E-state index >= 15 is 4.39 Å². The van der Waals surface area contributed by atoms with Crippen LogP contribution in [-0.2, 0) is 6.54 Å². The second-order valence-electron chi connectivity index (χ2n) is 6.54. The van der Waals surface area contributed by atoms with Crippen molar-refractivity contribution in [3.8, 4) is 0 Å². The molecule has 5 nitrogen and oxygen atoms in total. The molecule has 2 aromatic heterocycles. The molecule has 3 aromatic rings. The minimum atomic E-state index is -0.741. The van der Waals surface area contributed by atoms with Gasteiger partial charge >= 0.3 is 0 Å². The van der Waals surface area contributed by atoms with Crippen molar-refractivity contribution >= 4 is 32.7 Å². The van der Waals surface area contributed by atoms with E-state index in [0.29, 0.717) is 24.2 Å². The van der Waals surface area contributed by atoms with Crippen molar-refractivity contribution in [3.05, 3.63) is 43.8 Å². The molecule has 1 aliphatic carbocycles. The van der Waals surface area contributed by atoms with Gasteiger partial charge in [-0.15, -0.1) is 0 Å². The lowest BCUT2D eigenvalue weighted by Crippen LogP contribution is -2.18. The molecule has 8 heteroatoms. The summed E-state index contributed by atoms with van der Waals surface area (Å²) in [7, 11) is 0. The number of fused-ring (bicyclic) bond motifs is 2. The molecule has 0 spiro atoms. The highest BCUT2D eigenvalue weighted by molar-refractivity contribution is 7.12. The lowest BCUT2D eigenvalue weighted by Gasteiger charge is -2.17. The minimum absolute atomic E-state index is 0.00397. The first-order valence-electron chi connectivity index (χ1n) is 8.25. The molecule has 3 N–H and O–H groups in total. The van der Waals surface area contributed by atoms with Crippen LogP contribution in [0.25, 0.3) is 21.1 Å². The predicted octanol–water partition coefficient (Wildman–Crippen LogP) is 2.80. The Hall–Kier alpha value is -2.06. The number of aromatic amines is 1. The van der Waals surface area contributed by atoms with Gasteiger partial charge in [0.15, 0.2) is 5.82 Å². The molecule has 0 aliphatic heterocycles. The smallest absolute Gasteiger partial charge is 0.271 e. The molecular weight excluding hydrogens is 348 g/mol. The summed E-state index contributed by atoms with van der Waals surface area (Å²) < 4.78 is 34.1. The third kappa shape index (κ3) is 2.27. The van der Waals surface area contributed by atoms with Gasteiger partial charge in [-0.1, -0.05) is 0 Å². The van der Waals surface area contributed by atoms with Gasteiger partial charge in [-0.2, -0.15) is 0 Å². The highest BCUT2D eigenvalue weighted by Gasteiger charge is 2.31. The van der Waals surface area contributed by atoms with Crippen LogP contribution < -0.4 is 16.7 Å². The number of hydrogen-bond acceptors (Lipinski definition) is 4. The number of halogens is 2. The molecule has 4 rings (SSSR count). The molecule has 1 aromatic carbocycles. The first-order valence-corrected chi connectivity index (χ1v) is 9.06. The SMILES string of the molecule is CCn1c2s[nH]c(=O)c2c(=O)c2cc(F)c(C3CCC(N)C3)c(F)c21. The third-order valence-corrected chi connectivity index (χ3v) is 6.00. The van der Waals surface area contributed by atoms with Gasteiger partial charge in [0, 0.05) is 18.2 Å². The average Bonchev–Trinajstić information content (AvgIpc) is 3.15. The van der Waals surface area contributed by atoms with Crippen LogP contribution in [0.4, 0.5) is 8.78 Å². The van der Waals surface area contributed by atoms with Gasteiger partial charge in [-0.25, -0.2) is 8.78 Å². The number of nitrogens with zero attached hydrogens (tertiary/aromatic N) is 1. The van der Waals surface area contributed by atoms with Crippen LogP contribution >= 0.6 is 11.5 Å². The van der Waals surface area contributed by atoms with Crippen LogP contribution in [0.1, 0.15) is 37.7 Å². The fraction of sp³-hybridized carbons (Fsp3) is 0.412. The minimum Gasteiger partial charge on any atom is -0.329 e. The highest BCUT2D eigenvalue weighted by Crippen LogP contribution is 2.38. The molecule has 0 bridgehead atoms. The van der Waals surface area contributed by atoms with Crippen molar-refractivity contribution in [1.82, 2.24) is 8.94 Å². The standard InChI is InChI=1S/C17H17F2N3O2S/c1-2-22-14-9(15(23)12-16(24)21-25-17(12)22)6-10(18)11(13(14)19)7-3-4-8(20)5-7/h6-8H,2-5,20H2,1H3,(H,21,24). The van der Waals surface area contributed by atoms with Crippen LogP contribution in [0, 0.1) is 11.6 Å². The maximum atomic E-state index is 15.3. The van der Waals surface area contributed by atoms with Gasteiger partial charge in [-0.3, -0.25) is 14.0 Å². The summed E-state index contributed by atoms with van der Waals surface area (Å²) >= 11 is 0.991. The topological polar surface area (TPSA) is 80.9 Å². The van der Waals surface area contributed by atoms with Crippen molar-refractivity contribution in [2.24, 2.45) is 5.73 Å². The fourth-order valence-corrected chi connectivity index (χ4v) is 4.84. The molecule has 1 saturated carbocycles. The van der Waals surface area contributed by atoms with Crippen LogP contribution in [-0.4, -0.2) is 15.0 Å². The summed E-state index contributed by atoms with van der Waals surface area (Å²) in [6.07, 6.45) is 1.87. The number of nitrogens with two attached hydrogens (primary N) is 1. The number of nitrogens with one attached hydrogen (secondary N) is 1. The zero-order valence-corrected chi connectivity index (χ0v) is 14.4. The van der Waals surface area contributed by atoms with Crippen molar-refractivity contribution in [2.45, 2.75) is 44.7 Å². The van der Waals surface area contributed by atoms with E-state index in [4.69, 9.17) is 5.73 Å². The average molecular weight is 365 g/mol. The Bertz CT molecular complexity index is 1120. The van der Waals surface area contributed by atoms with E-state index in [1.54, 1.807) is 11.5 Å². The van der Waals surface area contributed by atoms with Crippen molar-refractivity contribution < 1.29 is 8.78 Å². The Morgan fingerprint density at radius 3 is 2.76 bits per heavy atom. The maximum absolute atomic E-state index is 15.3. The van der Waals surface area contributed by atoms with E-state index in [9.17, 15) is 14.0 Å². The lowest BCUT2D eigenvalue weighted by atomic mass is 9.94. The summed E-state index contributed by atoms with van der Waals surface area (Å²) in [5.74, 6) is -1.74. The molecule has 0 radical (unpaired) electrons. The highest BCUT2D eigenvalue weighted by atomic mass is 32.1. The number of H-pyrrole nitrogens is 1. The molecule has 25 heavy (non-hydrogen) atoms. The van der Waals surface area contributed by atoms with Crippen LogP contribution in [0.2, 0.25) is 0 Å². The molecule has 0 saturated heterocycles. The Morgan fingerprint density at radius 1 is 1.36 bits per heavy atom. The van der Waals surface area contributed by atoms with Crippen molar-refractivity contribution in [2.75, 3.05) is 0 Å². The number of aryl methyl sites for hydroxylation is 1. The van der Waals surface area contributed by atoms with Crippen LogP contribution in [0.5, 0.6) is 0 Å². The molecule has 132 valence electrons. The van der Waals surface area contributed by atoms with E-state index in [1.807, 2.05) is 0 Å².